The Morgan fingerprint density at radius 1 is 1.25 bits per heavy atom. The molecule has 20 heavy (non-hydrogen) atoms. The molecule has 0 bridgehead atoms. The summed E-state index contributed by atoms with van der Waals surface area (Å²) in [7, 11) is 1.63. The number of aryl methyl sites for hydroxylation is 1. The monoisotopic (exact) mass is 273 g/mol. The SMILES string of the molecule is Cn1cc(-c2ccc(F)cc2)c2nc(CO)cn2c1=O. The van der Waals surface area contributed by atoms with E-state index in [0.717, 1.165) is 5.56 Å². The average molecular weight is 273 g/mol. The molecule has 5 nitrogen and oxygen atoms in total. The van der Waals surface area contributed by atoms with E-state index in [0.29, 0.717) is 16.9 Å². The van der Waals surface area contributed by atoms with E-state index in [2.05, 4.69) is 4.98 Å². The van der Waals surface area contributed by atoms with Crippen molar-refractivity contribution in [1.29, 1.82) is 0 Å². The molecule has 0 saturated carbocycles. The zero-order chi connectivity index (χ0) is 14.3. The minimum absolute atomic E-state index is 0.242. The summed E-state index contributed by atoms with van der Waals surface area (Å²) in [6, 6.07) is 5.96. The first-order valence-corrected chi connectivity index (χ1v) is 6.04. The Bertz CT molecular complexity index is 834. The maximum atomic E-state index is 13.0. The van der Waals surface area contributed by atoms with Gasteiger partial charge >= 0.3 is 5.69 Å². The molecule has 3 rings (SSSR count). The van der Waals surface area contributed by atoms with Gasteiger partial charge in [0.1, 0.15) is 5.82 Å². The number of aliphatic hydroxyl groups excluding tert-OH is 1. The largest absolute Gasteiger partial charge is 0.390 e. The van der Waals surface area contributed by atoms with Crippen LogP contribution in [0.5, 0.6) is 0 Å². The van der Waals surface area contributed by atoms with E-state index in [1.165, 1.54) is 27.3 Å². The number of rotatable bonds is 2. The summed E-state index contributed by atoms with van der Waals surface area (Å²) >= 11 is 0. The van der Waals surface area contributed by atoms with Crippen molar-refractivity contribution in [2.24, 2.45) is 7.05 Å². The molecule has 0 saturated heterocycles. The molecule has 2 heterocycles. The van der Waals surface area contributed by atoms with Gasteiger partial charge in [0.05, 0.1) is 12.3 Å². The van der Waals surface area contributed by atoms with E-state index in [-0.39, 0.29) is 18.1 Å². The fourth-order valence-electron chi connectivity index (χ4n) is 2.15. The van der Waals surface area contributed by atoms with Gasteiger partial charge in [0.15, 0.2) is 5.65 Å². The highest BCUT2D eigenvalue weighted by Crippen LogP contribution is 2.23. The molecule has 0 unspecified atom stereocenters. The molecule has 0 aliphatic heterocycles. The van der Waals surface area contributed by atoms with E-state index in [9.17, 15) is 9.18 Å². The Hall–Kier alpha value is -2.47. The molecule has 0 spiro atoms. The first kappa shape index (κ1) is 12.6. The third-order valence-electron chi connectivity index (χ3n) is 3.14. The van der Waals surface area contributed by atoms with Crippen molar-refractivity contribution in [2.45, 2.75) is 6.61 Å². The van der Waals surface area contributed by atoms with Crippen molar-refractivity contribution in [3.05, 3.63) is 58.7 Å². The molecule has 2 aromatic heterocycles. The van der Waals surface area contributed by atoms with E-state index < -0.39 is 0 Å². The van der Waals surface area contributed by atoms with E-state index in [1.54, 1.807) is 25.4 Å². The first-order valence-electron chi connectivity index (χ1n) is 6.04. The molecule has 6 heteroatoms. The lowest BCUT2D eigenvalue weighted by Crippen LogP contribution is -2.23. The molecule has 1 N–H and O–H groups in total. The standard InChI is InChI=1S/C14H12FN3O2/c1-17-7-12(9-2-4-10(15)5-3-9)13-16-11(8-19)6-18(13)14(17)20/h2-7,19H,8H2,1H3. The van der Waals surface area contributed by atoms with Crippen molar-refractivity contribution in [3.8, 4) is 11.1 Å². The van der Waals surface area contributed by atoms with Gasteiger partial charge in [0, 0.05) is 25.0 Å². The second-order valence-corrected chi connectivity index (χ2v) is 4.53. The van der Waals surface area contributed by atoms with Gasteiger partial charge in [-0.05, 0) is 17.7 Å². The van der Waals surface area contributed by atoms with E-state index >= 15 is 0 Å². The Kier molecular flexibility index (Phi) is 2.87. The first-order chi connectivity index (χ1) is 9.60. The summed E-state index contributed by atoms with van der Waals surface area (Å²) in [5, 5.41) is 9.16. The van der Waals surface area contributed by atoms with Crippen LogP contribution < -0.4 is 5.69 Å². The van der Waals surface area contributed by atoms with Crippen LogP contribution in [-0.4, -0.2) is 19.1 Å². The Morgan fingerprint density at radius 3 is 2.60 bits per heavy atom. The lowest BCUT2D eigenvalue weighted by molar-refractivity contribution is 0.277. The van der Waals surface area contributed by atoms with Gasteiger partial charge < -0.3 is 9.67 Å². The fraction of sp³-hybridized carbons (Fsp3) is 0.143. The van der Waals surface area contributed by atoms with Crippen LogP contribution in [0.2, 0.25) is 0 Å². The lowest BCUT2D eigenvalue weighted by atomic mass is 10.1. The maximum Gasteiger partial charge on any atom is 0.333 e. The second kappa shape index (κ2) is 4.57. The lowest BCUT2D eigenvalue weighted by Gasteiger charge is -2.06. The van der Waals surface area contributed by atoms with Gasteiger partial charge in [-0.2, -0.15) is 0 Å². The number of nitrogens with zero attached hydrogens (tertiary/aromatic N) is 3. The van der Waals surface area contributed by atoms with Crippen molar-refractivity contribution >= 4 is 5.65 Å². The average Bonchev–Trinajstić information content (AvgIpc) is 2.88. The number of benzene rings is 1. The van der Waals surface area contributed by atoms with Crippen LogP contribution in [-0.2, 0) is 13.7 Å². The number of halogens is 1. The smallest absolute Gasteiger partial charge is 0.333 e. The number of aromatic nitrogens is 3. The highest BCUT2D eigenvalue weighted by Gasteiger charge is 2.12. The second-order valence-electron chi connectivity index (χ2n) is 4.53. The predicted molar refractivity (Wildman–Crippen MR) is 71.7 cm³/mol. The maximum absolute atomic E-state index is 13.0. The Morgan fingerprint density at radius 2 is 1.95 bits per heavy atom. The van der Waals surface area contributed by atoms with Gasteiger partial charge in [-0.3, -0.25) is 4.40 Å². The summed E-state index contributed by atoms with van der Waals surface area (Å²) in [6.07, 6.45) is 3.16. The predicted octanol–water partition coefficient (Wildman–Crippen LogP) is 1.33. The summed E-state index contributed by atoms with van der Waals surface area (Å²) in [5.41, 5.74) is 2.06. The fourth-order valence-corrected chi connectivity index (χ4v) is 2.15. The topological polar surface area (TPSA) is 59.5 Å². The molecule has 1 aromatic carbocycles. The third-order valence-corrected chi connectivity index (χ3v) is 3.14. The van der Waals surface area contributed by atoms with Gasteiger partial charge in [-0.1, -0.05) is 12.1 Å². The highest BCUT2D eigenvalue weighted by molar-refractivity contribution is 5.76. The van der Waals surface area contributed by atoms with Crippen LogP contribution in [0.15, 0.2) is 41.5 Å². The molecule has 0 fully saturated rings. The molecule has 0 atom stereocenters. The van der Waals surface area contributed by atoms with Crippen LogP contribution in [0.4, 0.5) is 4.39 Å². The summed E-state index contributed by atoms with van der Waals surface area (Å²) < 4.78 is 15.8. The van der Waals surface area contributed by atoms with Crippen molar-refractivity contribution < 1.29 is 9.50 Å². The van der Waals surface area contributed by atoms with Crippen molar-refractivity contribution in [3.63, 3.8) is 0 Å². The molecule has 0 amide bonds. The van der Waals surface area contributed by atoms with Crippen LogP contribution in [0, 0.1) is 5.82 Å². The van der Waals surface area contributed by atoms with Gasteiger partial charge in [-0.15, -0.1) is 0 Å². The molecule has 0 aliphatic rings. The number of hydrogen-bond donors (Lipinski definition) is 1. The summed E-state index contributed by atoms with van der Waals surface area (Å²) in [4.78, 5) is 16.3. The zero-order valence-corrected chi connectivity index (χ0v) is 10.7. The third kappa shape index (κ3) is 1.90. The molecule has 0 radical (unpaired) electrons. The van der Waals surface area contributed by atoms with Gasteiger partial charge in [0.2, 0.25) is 0 Å². The minimum atomic E-state index is -0.325. The minimum Gasteiger partial charge on any atom is -0.390 e. The van der Waals surface area contributed by atoms with Crippen LogP contribution in [0.3, 0.4) is 0 Å². The van der Waals surface area contributed by atoms with Crippen LogP contribution in [0.25, 0.3) is 16.8 Å². The highest BCUT2D eigenvalue weighted by atomic mass is 19.1. The van der Waals surface area contributed by atoms with E-state index in [4.69, 9.17) is 5.11 Å². The number of hydrogen-bond acceptors (Lipinski definition) is 3. The van der Waals surface area contributed by atoms with Crippen molar-refractivity contribution in [1.82, 2.24) is 14.0 Å². The van der Waals surface area contributed by atoms with Crippen LogP contribution in [0.1, 0.15) is 5.69 Å². The normalized spacial score (nSPS) is 11.2. The summed E-state index contributed by atoms with van der Waals surface area (Å²) in [6.45, 7) is -0.242. The van der Waals surface area contributed by atoms with E-state index in [1.807, 2.05) is 0 Å². The molecular weight excluding hydrogens is 261 g/mol. The molecule has 3 aromatic rings. The molecule has 102 valence electrons. The van der Waals surface area contributed by atoms with Crippen molar-refractivity contribution in [2.75, 3.05) is 0 Å². The molecule has 0 aliphatic carbocycles. The van der Waals surface area contributed by atoms with Crippen LogP contribution >= 0.6 is 0 Å². The molecular formula is C14H12FN3O2. The number of imidazole rings is 1. The van der Waals surface area contributed by atoms with Gasteiger partial charge in [0.25, 0.3) is 0 Å². The van der Waals surface area contributed by atoms with Gasteiger partial charge in [-0.25, -0.2) is 14.2 Å². The zero-order valence-electron chi connectivity index (χ0n) is 10.7. The number of aliphatic hydroxyl groups is 1. The Labute approximate surface area is 113 Å². The Balaban J connectivity index is 2.35. The number of fused-ring (bicyclic) bond motifs is 1. The summed E-state index contributed by atoms with van der Waals surface area (Å²) in [5.74, 6) is -0.325. The quantitative estimate of drug-likeness (QED) is 0.766.